The molecule has 1 amide bonds. The molecule has 2 aromatic rings. The summed E-state index contributed by atoms with van der Waals surface area (Å²) in [6.45, 7) is 7.48. The molecule has 0 aliphatic carbocycles. The first-order valence-corrected chi connectivity index (χ1v) is 7.53. The van der Waals surface area contributed by atoms with Gasteiger partial charge >= 0.3 is 0 Å². The number of carbonyl (C=O) groups excluding carboxylic acids is 1. The van der Waals surface area contributed by atoms with Gasteiger partial charge in [-0.1, -0.05) is 23.4 Å². The van der Waals surface area contributed by atoms with Crippen LogP contribution in [0.1, 0.15) is 32.5 Å². The van der Waals surface area contributed by atoms with E-state index in [-0.39, 0.29) is 11.9 Å². The van der Waals surface area contributed by atoms with Gasteiger partial charge in [0, 0.05) is 13.1 Å². The van der Waals surface area contributed by atoms with Crippen molar-refractivity contribution in [2.45, 2.75) is 33.4 Å². The maximum absolute atomic E-state index is 12.3. The molecule has 2 rings (SSSR count). The predicted molar refractivity (Wildman–Crippen MR) is 83.4 cm³/mol. The van der Waals surface area contributed by atoms with E-state index in [0.717, 1.165) is 5.75 Å². The summed E-state index contributed by atoms with van der Waals surface area (Å²) >= 11 is 0. The van der Waals surface area contributed by atoms with Gasteiger partial charge in [-0.05, 0) is 32.9 Å². The topological polar surface area (TPSA) is 60.2 Å². The highest BCUT2D eigenvalue weighted by atomic mass is 16.5. The van der Waals surface area contributed by atoms with Crippen LogP contribution in [0.4, 0.5) is 0 Å². The normalized spacial score (nSPS) is 12.0. The first-order chi connectivity index (χ1) is 10.7. The molecule has 1 aromatic carbocycles. The Morgan fingerprint density at radius 1 is 1.27 bits per heavy atom. The number of ether oxygens (including phenoxy) is 1. The van der Waals surface area contributed by atoms with Crippen LogP contribution in [0.2, 0.25) is 0 Å². The quantitative estimate of drug-likeness (QED) is 0.787. The highest BCUT2D eigenvalue weighted by Gasteiger charge is 2.21. The summed E-state index contributed by atoms with van der Waals surface area (Å²) in [6, 6.07) is 9.17. The SMILES string of the molecule is CCN(CC)C(=O)C(C)n1cc(COc2ccccc2)nn1. The first kappa shape index (κ1) is 16.0. The Labute approximate surface area is 130 Å². The molecule has 118 valence electrons. The third-order valence-corrected chi connectivity index (χ3v) is 3.52. The second kappa shape index (κ2) is 7.59. The van der Waals surface area contributed by atoms with Crippen LogP contribution in [-0.4, -0.2) is 38.9 Å². The molecule has 0 fully saturated rings. The summed E-state index contributed by atoms with van der Waals surface area (Å²) in [6.07, 6.45) is 1.76. The molecule has 0 spiro atoms. The number of rotatable bonds is 7. The number of aromatic nitrogens is 3. The van der Waals surface area contributed by atoms with Crippen LogP contribution in [0.25, 0.3) is 0 Å². The summed E-state index contributed by atoms with van der Waals surface area (Å²) in [7, 11) is 0. The molecule has 0 aliphatic heterocycles. The molecule has 0 saturated heterocycles. The lowest BCUT2D eigenvalue weighted by Crippen LogP contribution is -2.36. The molecule has 22 heavy (non-hydrogen) atoms. The van der Waals surface area contributed by atoms with Crippen LogP contribution in [0.15, 0.2) is 36.5 Å². The van der Waals surface area contributed by atoms with Crippen molar-refractivity contribution in [3.8, 4) is 5.75 Å². The lowest BCUT2D eigenvalue weighted by atomic mass is 10.3. The molecule has 1 unspecified atom stereocenters. The molecule has 6 heteroatoms. The van der Waals surface area contributed by atoms with Crippen LogP contribution < -0.4 is 4.74 Å². The number of hydrogen-bond donors (Lipinski definition) is 0. The van der Waals surface area contributed by atoms with E-state index in [2.05, 4.69) is 10.3 Å². The van der Waals surface area contributed by atoms with Crippen LogP contribution in [-0.2, 0) is 11.4 Å². The van der Waals surface area contributed by atoms with Gasteiger partial charge in [0.15, 0.2) is 0 Å². The second-order valence-electron chi connectivity index (χ2n) is 4.98. The van der Waals surface area contributed by atoms with Crippen molar-refractivity contribution < 1.29 is 9.53 Å². The Bertz CT molecular complexity index is 593. The minimum Gasteiger partial charge on any atom is -0.487 e. The van der Waals surface area contributed by atoms with Gasteiger partial charge in [-0.25, -0.2) is 4.68 Å². The molecule has 0 N–H and O–H groups in total. The lowest BCUT2D eigenvalue weighted by Gasteiger charge is -2.22. The monoisotopic (exact) mass is 302 g/mol. The Hall–Kier alpha value is -2.37. The van der Waals surface area contributed by atoms with Gasteiger partial charge in [-0.3, -0.25) is 4.79 Å². The Morgan fingerprint density at radius 2 is 1.95 bits per heavy atom. The maximum Gasteiger partial charge on any atom is 0.247 e. The van der Waals surface area contributed by atoms with Gasteiger partial charge in [0.05, 0.1) is 6.20 Å². The van der Waals surface area contributed by atoms with Crippen molar-refractivity contribution in [1.29, 1.82) is 0 Å². The minimum atomic E-state index is -0.363. The van der Waals surface area contributed by atoms with Gasteiger partial charge in [-0.15, -0.1) is 5.10 Å². The van der Waals surface area contributed by atoms with Crippen molar-refractivity contribution in [2.75, 3.05) is 13.1 Å². The minimum absolute atomic E-state index is 0.0467. The average molecular weight is 302 g/mol. The molecule has 0 radical (unpaired) electrons. The van der Waals surface area contributed by atoms with Crippen LogP contribution in [0, 0.1) is 0 Å². The molecule has 0 bridgehead atoms. The zero-order valence-corrected chi connectivity index (χ0v) is 13.3. The van der Waals surface area contributed by atoms with E-state index in [0.29, 0.717) is 25.4 Å². The van der Waals surface area contributed by atoms with E-state index in [1.54, 1.807) is 15.8 Å². The van der Waals surface area contributed by atoms with Crippen molar-refractivity contribution >= 4 is 5.91 Å². The summed E-state index contributed by atoms with van der Waals surface area (Å²) in [5, 5.41) is 8.10. The third kappa shape index (κ3) is 3.84. The Morgan fingerprint density at radius 3 is 2.59 bits per heavy atom. The largest absolute Gasteiger partial charge is 0.487 e. The molecule has 0 aliphatic rings. The fourth-order valence-corrected chi connectivity index (χ4v) is 2.16. The average Bonchev–Trinajstić information content (AvgIpc) is 3.03. The van der Waals surface area contributed by atoms with E-state index in [9.17, 15) is 4.79 Å². The van der Waals surface area contributed by atoms with E-state index in [1.165, 1.54) is 0 Å². The summed E-state index contributed by atoms with van der Waals surface area (Å²) in [5.41, 5.74) is 0.697. The lowest BCUT2D eigenvalue weighted by molar-refractivity contribution is -0.134. The van der Waals surface area contributed by atoms with Crippen molar-refractivity contribution in [3.63, 3.8) is 0 Å². The van der Waals surface area contributed by atoms with Gasteiger partial charge in [0.2, 0.25) is 5.91 Å². The van der Waals surface area contributed by atoms with E-state index < -0.39 is 0 Å². The number of carbonyl (C=O) groups is 1. The van der Waals surface area contributed by atoms with Crippen molar-refractivity contribution in [1.82, 2.24) is 19.9 Å². The van der Waals surface area contributed by atoms with E-state index in [4.69, 9.17) is 4.74 Å². The Balaban J connectivity index is 1.97. The van der Waals surface area contributed by atoms with Gasteiger partial charge < -0.3 is 9.64 Å². The van der Waals surface area contributed by atoms with Crippen LogP contribution >= 0.6 is 0 Å². The molecule has 0 saturated carbocycles. The third-order valence-electron chi connectivity index (χ3n) is 3.52. The molecule has 6 nitrogen and oxygen atoms in total. The zero-order chi connectivity index (χ0) is 15.9. The fraction of sp³-hybridized carbons (Fsp3) is 0.438. The molecule has 1 atom stereocenters. The fourth-order valence-electron chi connectivity index (χ4n) is 2.16. The molecular weight excluding hydrogens is 280 g/mol. The number of nitrogens with zero attached hydrogens (tertiary/aromatic N) is 4. The molecule has 1 heterocycles. The number of para-hydroxylation sites is 1. The Kier molecular flexibility index (Phi) is 5.52. The van der Waals surface area contributed by atoms with Gasteiger partial charge in [0.1, 0.15) is 24.1 Å². The smallest absolute Gasteiger partial charge is 0.247 e. The van der Waals surface area contributed by atoms with E-state index >= 15 is 0 Å². The van der Waals surface area contributed by atoms with Crippen LogP contribution in [0.5, 0.6) is 5.75 Å². The summed E-state index contributed by atoms with van der Waals surface area (Å²) in [4.78, 5) is 14.1. The zero-order valence-electron chi connectivity index (χ0n) is 13.3. The maximum atomic E-state index is 12.3. The standard InChI is InChI=1S/C16H22N4O2/c1-4-19(5-2)16(21)13(3)20-11-14(17-18-20)12-22-15-9-7-6-8-10-15/h6-11,13H,4-5,12H2,1-3H3. The summed E-state index contributed by atoms with van der Waals surface area (Å²) < 4.78 is 7.21. The van der Waals surface area contributed by atoms with Gasteiger partial charge in [-0.2, -0.15) is 0 Å². The molecular formula is C16H22N4O2. The second-order valence-corrected chi connectivity index (χ2v) is 4.98. The highest BCUT2D eigenvalue weighted by molar-refractivity contribution is 5.79. The van der Waals surface area contributed by atoms with Crippen molar-refractivity contribution in [3.05, 3.63) is 42.2 Å². The number of benzene rings is 1. The van der Waals surface area contributed by atoms with Gasteiger partial charge in [0.25, 0.3) is 0 Å². The predicted octanol–water partition coefficient (Wildman–Crippen LogP) is 2.29. The first-order valence-electron chi connectivity index (χ1n) is 7.53. The van der Waals surface area contributed by atoms with Crippen LogP contribution in [0.3, 0.4) is 0 Å². The summed E-state index contributed by atoms with van der Waals surface area (Å²) in [5.74, 6) is 0.828. The molecule has 1 aromatic heterocycles. The van der Waals surface area contributed by atoms with E-state index in [1.807, 2.05) is 51.1 Å². The number of amides is 1. The highest BCUT2D eigenvalue weighted by Crippen LogP contribution is 2.12. The number of hydrogen-bond acceptors (Lipinski definition) is 4. The number of likely N-dealkylation sites (N-methyl/N-ethyl adjacent to an activating group) is 1. The van der Waals surface area contributed by atoms with Crippen molar-refractivity contribution in [2.24, 2.45) is 0 Å².